The topological polar surface area (TPSA) is 82.0 Å². The van der Waals surface area contributed by atoms with Crippen molar-refractivity contribution in [3.05, 3.63) is 29.8 Å². The van der Waals surface area contributed by atoms with E-state index >= 15 is 0 Å². The van der Waals surface area contributed by atoms with E-state index in [1.807, 2.05) is 13.0 Å². The second-order valence-corrected chi connectivity index (χ2v) is 5.38. The molecule has 0 aliphatic heterocycles. The quantitative estimate of drug-likeness (QED) is 0.622. The van der Waals surface area contributed by atoms with Crippen molar-refractivity contribution < 1.29 is 9.59 Å². The van der Waals surface area contributed by atoms with Crippen molar-refractivity contribution in [2.45, 2.75) is 33.6 Å². The van der Waals surface area contributed by atoms with E-state index in [4.69, 9.17) is 5.26 Å². The molecular formula is C16H21N3O2. The summed E-state index contributed by atoms with van der Waals surface area (Å²) in [6.07, 6.45) is 1.86. The third-order valence-electron chi connectivity index (χ3n) is 3.20. The number of benzene rings is 1. The van der Waals surface area contributed by atoms with Crippen LogP contribution in [0.2, 0.25) is 0 Å². The van der Waals surface area contributed by atoms with Crippen LogP contribution in [0.4, 0.5) is 5.69 Å². The van der Waals surface area contributed by atoms with Crippen LogP contribution >= 0.6 is 0 Å². The summed E-state index contributed by atoms with van der Waals surface area (Å²) in [6, 6.07) is 8.60. The van der Waals surface area contributed by atoms with E-state index in [2.05, 4.69) is 10.6 Å². The zero-order chi connectivity index (χ0) is 15.9. The lowest BCUT2D eigenvalue weighted by Crippen LogP contribution is -2.45. The first-order valence-electron chi connectivity index (χ1n) is 7.01. The minimum absolute atomic E-state index is 0.301. The van der Waals surface area contributed by atoms with Gasteiger partial charge in [-0.3, -0.25) is 9.59 Å². The Morgan fingerprint density at radius 3 is 2.62 bits per heavy atom. The minimum atomic E-state index is -1.17. The maximum absolute atomic E-state index is 12.3. The summed E-state index contributed by atoms with van der Waals surface area (Å²) in [4.78, 5) is 24.3. The monoisotopic (exact) mass is 287 g/mol. The summed E-state index contributed by atoms with van der Waals surface area (Å²) in [7, 11) is 0. The second kappa shape index (κ2) is 7.44. The summed E-state index contributed by atoms with van der Waals surface area (Å²) in [5, 5.41) is 14.3. The second-order valence-electron chi connectivity index (χ2n) is 5.38. The van der Waals surface area contributed by atoms with Crippen molar-refractivity contribution in [3.63, 3.8) is 0 Å². The molecule has 1 aromatic rings. The molecule has 0 radical (unpaired) electrons. The number of unbranched alkanes of at least 4 members (excludes halogenated alkanes) is 1. The highest BCUT2D eigenvalue weighted by atomic mass is 16.2. The highest BCUT2D eigenvalue weighted by molar-refractivity contribution is 6.09. The van der Waals surface area contributed by atoms with Crippen LogP contribution in [0.5, 0.6) is 0 Å². The molecule has 0 saturated carbocycles. The third-order valence-corrected chi connectivity index (χ3v) is 3.20. The van der Waals surface area contributed by atoms with E-state index in [1.54, 1.807) is 38.1 Å². The molecule has 0 aliphatic carbocycles. The van der Waals surface area contributed by atoms with Crippen molar-refractivity contribution >= 4 is 17.5 Å². The van der Waals surface area contributed by atoms with Gasteiger partial charge in [0.2, 0.25) is 11.8 Å². The average Bonchev–Trinajstić information content (AvgIpc) is 2.47. The van der Waals surface area contributed by atoms with E-state index in [0.717, 1.165) is 12.8 Å². The van der Waals surface area contributed by atoms with E-state index in [0.29, 0.717) is 17.8 Å². The first-order valence-corrected chi connectivity index (χ1v) is 7.01. The van der Waals surface area contributed by atoms with Crippen molar-refractivity contribution in [2.24, 2.45) is 5.41 Å². The van der Waals surface area contributed by atoms with Crippen LogP contribution in [0, 0.1) is 16.7 Å². The van der Waals surface area contributed by atoms with Gasteiger partial charge in [0, 0.05) is 12.2 Å². The van der Waals surface area contributed by atoms with Crippen LogP contribution in [-0.2, 0) is 9.59 Å². The van der Waals surface area contributed by atoms with Crippen LogP contribution in [0.25, 0.3) is 0 Å². The number of hydrogen-bond acceptors (Lipinski definition) is 3. The largest absolute Gasteiger partial charge is 0.355 e. The molecule has 0 bridgehead atoms. The molecule has 2 amide bonds. The molecule has 2 N–H and O–H groups in total. The van der Waals surface area contributed by atoms with Gasteiger partial charge < -0.3 is 10.6 Å². The molecule has 0 fully saturated rings. The number of amides is 2. The first kappa shape index (κ1) is 16.7. The number of rotatable bonds is 6. The summed E-state index contributed by atoms with van der Waals surface area (Å²) in [5.74, 6) is -0.698. The smallest absolute Gasteiger partial charge is 0.239 e. The molecule has 1 rings (SSSR count). The molecule has 1 aromatic carbocycles. The van der Waals surface area contributed by atoms with Crippen LogP contribution in [-0.4, -0.2) is 18.4 Å². The number of nitrogens with zero attached hydrogens (tertiary/aromatic N) is 1. The molecule has 5 nitrogen and oxygen atoms in total. The number of carbonyl (C=O) groups is 2. The first-order chi connectivity index (χ1) is 9.91. The van der Waals surface area contributed by atoms with Gasteiger partial charge in [-0.05, 0) is 38.5 Å². The van der Waals surface area contributed by atoms with E-state index in [9.17, 15) is 9.59 Å². The molecule has 0 unspecified atom stereocenters. The number of nitriles is 1. The van der Waals surface area contributed by atoms with Crippen LogP contribution in [0.15, 0.2) is 24.3 Å². The number of anilines is 1. The van der Waals surface area contributed by atoms with Crippen LogP contribution < -0.4 is 10.6 Å². The highest BCUT2D eigenvalue weighted by Gasteiger charge is 2.35. The van der Waals surface area contributed by atoms with E-state index in [1.165, 1.54) is 0 Å². The summed E-state index contributed by atoms with van der Waals surface area (Å²) in [6.45, 7) is 5.76. The normalized spacial score (nSPS) is 10.6. The zero-order valence-corrected chi connectivity index (χ0v) is 12.7. The van der Waals surface area contributed by atoms with Crippen molar-refractivity contribution in [2.75, 3.05) is 11.9 Å². The molecule has 0 atom stereocenters. The molecule has 0 saturated heterocycles. The maximum atomic E-state index is 12.3. The number of hydrogen-bond donors (Lipinski definition) is 2. The summed E-state index contributed by atoms with van der Waals surface area (Å²) < 4.78 is 0. The molecule has 21 heavy (non-hydrogen) atoms. The van der Waals surface area contributed by atoms with Gasteiger partial charge in [0.05, 0.1) is 11.6 Å². The lowest BCUT2D eigenvalue weighted by atomic mass is 9.91. The molecular weight excluding hydrogens is 266 g/mol. The molecule has 112 valence electrons. The predicted octanol–water partition coefficient (Wildman–Crippen LogP) is 2.44. The van der Waals surface area contributed by atoms with Crippen molar-refractivity contribution in [3.8, 4) is 6.07 Å². The maximum Gasteiger partial charge on any atom is 0.239 e. The Labute approximate surface area is 125 Å². The van der Waals surface area contributed by atoms with Crippen molar-refractivity contribution in [1.29, 1.82) is 5.26 Å². The molecule has 0 aromatic heterocycles. The van der Waals surface area contributed by atoms with Gasteiger partial charge in [-0.2, -0.15) is 5.26 Å². The van der Waals surface area contributed by atoms with Gasteiger partial charge in [0.25, 0.3) is 0 Å². The number of carbonyl (C=O) groups excluding carboxylic acids is 2. The zero-order valence-electron chi connectivity index (χ0n) is 12.7. The average molecular weight is 287 g/mol. The van der Waals surface area contributed by atoms with E-state index < -0.39 is 11.3 Å². The third kappa shape index (κ3) is 4.60. The Morgan fingerprint density at radius 2 is 2.00 bits per heavy atom. The molecule has 5 heteroatoms. The van der Waals surface area contributed by atoms with Gasteiger partial charge >= 0.3 is 0 Å². The summed E-state index contributed by atoms with van der Waals surface area (Å²) >= 11 is 0. The highest BCUT2D eigenvalue weighted by Crippen LogP contribution is 2.19. The number of nitrogens with one attached hydrogen (secondary N) is 2. The van der Waals surface area contributed by atoms with Gasteiger partial charge in [0.15, 0.2) is 0 Å². The fourth-order valence-corrected chi connectivity index (χ4v) is 1.66. The van der Waals surface area contributed by atoms with Gasteiger partial charge in [0.1, 0.15) is 5.41 Å². The summed E-state index contributed by atoms with van der Waals surface area (Å²) in [5.41, 5.74) is -0.206. The predicted molar refractivity (Wildman–Crippen MR) is 81.5 cm³/mol. The van der Waals surface area contributed by atoms with E-state index in [-0.39, 0.29) is 5.91 Å². The molecule has 0 heterocycles. The molecule has 0 aliphatic rings. The Balaban J connectivity index is 2.72. The lowest BCUT2D eigenvalue weighted by Gasteiger charge is -2.22. The Kier molecular flexibility index (Phi) is 5.92. The minimum Gasteiger partial charge on any atom is -0.355 e. The van der Waals surface area contributed by atoms with Gasteiger partial charge in [-0.25, -0.2) is 0 Å². The van der Waals surface area contributed by atoms with Crippen LogP contribution in [0.1, 0.15) is 39.2 Å². The van der Waals surface area contributed by atoms with Crippen LogP contribution in [0.3, 0.4) is 0 Å². The Hall–Kier alpha value is -2.35. The van der Waals surface area contributed by atoms with Gasteiger partial charge in [-0.15, -0.1) is 0 Å². The Bertz CT molecular complexity index is 559. The van der Waals surface area contributed by atoms with Crippen molar-refractivity contribution in [1.82, 2.24) is 5.32 Å². The SMILES string of the molecule is CCCCNC(=O)C(C)(C)C(=O)Nc1cccc(C#N)c1. The van der Waals surface area contributed by atoms with Gasteiger partial charge in [-0.1, -0.05) is 19.4 Å². The fourth-order valence-electron chi connectivity index (χ4n) is 1.66. The lowest BCUT2D eigenvalue weighted by molar-refractivity contribution is -0.138. The Morgan fingerprint density at radius 1 is 1.29 bits per heavy atom. The molecule has 0 spiro atoms. The standard InChI is InChI=1S/C16H21N3O2/c1-4-5-9-18-14(20)16(2,3)15(21)19-13-8-6-7-12(10-13)11-17/h6-8,10H,4-5,9H2,1-3H3,(H,18,20)(H,19,21). The fraction of sp³-hybridized carbons (Fsp3) is 0.438.